The monoisotopic (exact) mass is 602 g/mol. The van der Waals surface area contributed by atoms with Gasteiger partial charge in [0, 0.05) is 25.4 Å². The zero-order chi connectivity index (χ0) is 30.2. The smallest absolute Gasteiger partial charge is 0.457 e. The van der Waals surface area contributed by atoms with Crippen molar-refractivity contribution in [3.05, 3.63) is 90.1 Å². The highest BCUT2D eigenvalue weighted by atomic mass is 31.2. The Morgan fingerprint density at radius 2 is 1.86 bits per heavy atom. The van der Waals surface area contributed by atoms with Crippen LogP contribution < -0.4 is 15.4 Å². The molecule has 1 aromatic heterocycles. The molecule has 1 aliphatic carbocycles. The number of nitrogens with one attached hydrogen (secondary N) is 2. The number of phosphoric acid groups is 1. The molecule has 3 heterocycles. The Bertz CT molecular complexity index is 1650. The number of aromatic nitrogens is 1. The number of nitrogens with zero attached hydrogens (tertiary/aromatic N) is 2. The fourth-order valence-electron chi connectivity index (χ4n) is 5.67. The largest absolute Gasteiger partial charge is 0.470 e. The quantitative estimate of drug-likeness (QED) is 0.223. The summed E-state index contributed by atoms with van der Waals surface area (Å²) < 4.78 is 22.0. The van der Waals surface area contributed by atoms with E-state index < -0.39 is 19.3 Å². The lowest BCUT2D eigenvalue weighted by Crippen LogP contribution is -2.46. The molecule has 3 atom stereocenters. The topological polar surface area (TPSA) is 150 Å². The molecule has 43 heavy (non-hydrogen) atoms. The van der Waals surface area contributed by atoms with Gasteiger partial charge in [-0.3, -0.25) is 14.1 Å². The van der Waals surface area contributed by atoms with Gasteiger partial charge in [-0.2, -0.15) is 0 Å². The molecular weight excluding hydrogens is 571 g/mol. The summed E-state index contributed by atoms with van der Waals surface area (Å²) in [5.41, 5.74) is 1.71. The number of likely N-dealkylation sites (tertiary alicyclic amines) is 1. The minimum absolute atomic E-state index is 0.0920. The van der Waals surface area contributed by atoms with Gasteiger partial charge in [0.1, 0.15) is 11.5 Å². The van der Waals surface area contributed by atoms with Gasteiger partial charge in [-0.05, 0) is 78.3 Å². The van der Waals surface area contributed by atoms with E-state index >= 15 is 0 Å². The Hall–Kier alpha value is -4.28. The second kappa shape index (κ2) is 11.4. The maximum Gasteiger partial charge on any atom is 0.470 e. The fourth-order valence-corrected chi connectivity index (χ4v) is 6.34. The number of ether oxygens (including phenoxy) is 1. The summed E-state index contributed by atoms with van der Waals surface area (Å²) in [4.78, 5) is 50.1. The third-order valence-corrected chi connectivity index (χ3v) is 8.52. The van der Waals surface area contributed by atoms with Crippen LogP contribution in [0.1, 0.15) is 24.5 Å². The normalized spacial score (nSPS) is 23.2. The summed E-state index contributed by atoms with van der Waals surface area (Å²) in [7, 11) is -4.92. The zero-order valence-electron chi connectivity index (χ0n) is 23.3. The van der Waals surface area contributed by atoms with Gasteiger partial charge in [0.25, 0.3) is 5.91 Å². The van der Waals surface area contributed by atoms with Crippen LogP contribution in [0, 0.1) is 11.8 Å². The van der Waals surface area contributed by atoms with Crippen LogP contribution >= 0.6 is 7.82 Å². The molecule has 0 radical (unpaired) electrons. The first-order valence-corrected chi connectivity index (χ1v) is 15.4. The van der Waals surface area contributed by atoms with Crippen LogP contribution in [0.15, 0.2) is 79.0 Å². The number of allylic oxidation sites excluding steroid dienone is 1. The summed E-state index contributed by atoms with van der Waals surface area (Å²) in [6.45, 7) is 2.42. The Kier molecular flexibility index (Phi) is 7.66. The second-order valence-electron chi connectivity index (χ2n) is 11.1. The van der Waals surface area contributed by atoms with Crippen molar-refractivity contribution in [2.45, 2.75) is 18.9 Å². The van der Waals surface area contributed by atoms with E-state index in [0.717, 1.165) is 17.9 Å². The molecule has 2 aliphatic heterocycles. The van der Waals surface area contributed by atoms with E-state index in [1.807, 2.05) is 47.4 Å². The van der Waals surface area contributed by atoms with E-state index in [1.54, 1.807) is 12.1 Å². The lowest BCUT2D eigenvalue weighted by Gasteiger charge is -2.26. The SMILES string of the molecule is CC1(OP(=O)(O)O)CNc2cc(/C=C/C(=O)N3C[C@H]4CC(c5ccc(Oc6ccccc6)cc5)=C[C@H]4C3)cnc2NC1=O. The molecule has 3 aliphatic rings. The van der Waals surface area contributed by atoms with E-state index in [2.05, 4.69) is 33.8 Å². The molecule has 6 rings (SSSR count). The molecule has 2 aromatic carbocycles. The highest BCUT2D eigenvalue weighted by Crippen LogP contribution is 2.43. The number of phosphoric ester groups is 1. The van der Waals surface area contributed by atoms with Crippen LogP contribution in [0.4, 0.5) is 11.5 Å². The van der Waals surface area contributed by atoms with Crippen LogP contribution in [0.2, 0.25) is 0 Å². The van der Waals surface area contributed by atoms with Crippen molar-refractivity contribution in [2.75, 3.05) is 30.3 Å². The summed E-state index contributed by atoms with van der Waals surface area (Å²) in [5.74, 6) is 1.63. The summed E-state index contributed by atoms with van der Waals surface area (Å²) in [6, 6.07) is 19.5. The fraction of sp³-hybridized carbons (Fsp3) is 0.258. The van der Waals surface area contributed by atoms with Crippen LogP contribution in [0.25, 0.3) is 11.6 Å². The van der Waals surface area contributed by atoms with Gasteiger partial charge in [0.05, 0.1) is 12.2 Å². The van der Waals surface area contributed by atoms with Crippen molar-refractivity contribution in [3.63, 3.8) is 0 Å². The predicted molar refractivity (Wildman–Crippen MR) is 161 cm³/mol. The first-order chi connectivity index (χ1) is 20.5. The van der Waals surface area contributed by atoms with Gasteiger partial charge in [0.15, 0.2) is 11.4 Å². The number of fused-ring (bicyclic) bond motifs is 2. The van der Waals surface area contributed by atoms with Crippen LogP contribution in [-0.2, 0) is 18.7 Å². The maximum atomic E-state index is 13.0. The number of anilines is 2. The number of rotatable bonds is 7. The van der Waals surface area contributed by atoms with Gasteiger partial charge in [-0.15, -0.1) is 0 Å². The summed E-state index contributed by atoms with van der Waals surface area (Å²) >= 11 is 0. The van der Waals surface area contributed by atoms with Crippen LogP contribution in [0.5, 0.6) is 11.5 Å². The van der Waals surface area contributed by atoms with Crippen molar-refractivity contribution < 1.29 is 33.2 Å². The van der Waals surface area contributed by atoms with Gasteiger partial charge < -0.3 is 30.1 Å². The van der Waals surface area contributed by atoms with Gasteiger partial charge in [-0.25, -0.2) is 9.55 Å². The molecule has 11 nitrogen and oxygen atoms in total. The van der Waals surface area contributed by atoms with E-state index in [0.29, 0.717) is 36.2 Å². The molecule has 2 amide bonds. The number of carbonyl (C=O) groups is 2. The zero-order valence-corrected chi connectivity index (χ0v) is 24.2. The predicted octanol–water partition coefficient (Wildman–Crippen LogP) is 4.68. The number of para-hydroxylation sites is 1. The Morgan fingerprint density at radius 3 is 2.58 bits per heavy atom. The van der Waals surface area contributed by atoms with Gasteiger partial charge in [-0.1, -0.05) is 36.4 Å². The first-order valence-electron chi connectivity index (χ1n) is 13.9. The van der Waals surface area contributed by atoms with Crippen LogP contribution in [0.3, 0.4) is 0 Å². The van der Waals surface area contributed by atoms with Gasteiger partial charge in [0.2, 0.25) is 5.91 Å². The minimum Gasteiger partial charge on any atom is -0.457 e. The lowest BCUT2D eigenvalue weighted by molar-refractivity contribution is -0.130. The van der Waals surface area contributed by atoms with Crippen molar-refractivity contribution in [3.8, 4) is 11.5 Å². The average Bonchev–Trinajstić information content (AvgIpc) is 3.53. The number of hydrogen-bond donors (Lipinski definition) is 4. The molecule has 0 saturated carbocycles. The number of pyridine rings is 1. The van der Waals surface area contributed by atoms with Crippen molar-refractivity contribution in [2.24, 2.45) is 11.8 Å². The van der Waals surface area contributed by atoms with E-state index in [9.17, 15) is 23.9 Å². The Labute approximate surface area is 248 Å². The number of amides is 2. The molecule has 4 N–H and O–H groups in total. The minimum atomic E-state index is -4.92. The molecule has 12 heteroatoms. The van der Waals surface area contributed by atoms with Crippen molar-refractivity contribution in [1.29, 1.82) is 0 Å². The third kappa shape index (κ3) is 6.55. The van der Waals surface area contributed by atoms with Crippen LogP contribution in [-0.4, -0.2) is 56.7 Å². The first kappa shape index (κ1) is 28.8. The van der Waals surface area contributed by atoms with E-state index in [-0.39, 0.29) is 18.3 Å². The van der Waals surface area contributed by atoms with E-state index in [1.165, 1.54) is 30.3 Å². The molecule has 1 fully saturated rings. The average molecular weight is 603 g/mol. The van der Waals surface area contributed by atoms with Crippen molar-refractivity contribution >= 4 is 42.8 Å². The molecule has 3 aromatic rings. The molecule has 222 valence electrons. The molecule has 0 spiro atoms. The molecular formula is C31H31N4O7P. The van der Waals surface area contributed by atoms with E-state index in [4.69, 9.17) is 9.26 Å². The Balaban J connectivity index is 1.05. The molecule has 1 saturated heterocycles. The highest BCUT2D eigenvalue weighted by Gasteiger charge is 2.43. The second-order valence-corrected chi connectivity index (χ2v) is 12.3. The number of carbonyl (C=O) groups excluding carboxylic acids is 2. The Morgan fingerprint density at radius 1 is 1.12 bits per heavy atom. The maximum absolute atomic E-state index is 13.0. The number of hydrogen-bond acceptors (Lipinski definition) is 7. The lowest BCUT2D eigenvalue weighted by atomic mass is 9.98. The molecule has 1 unspecified atom stereocenters. The summed E-state index contributed by atoms with van der Waals surface area (Å²) in [6.07, 6.45) is 7.87. The highest BCUT2D eigenvalue weighted by molar-refractivity contribution is 7.46. The van der Waals surface area contributed by atoms with Gasteiger partial charge >= 0.3 is 7.82 Å². The standard InChI is InChI=1S/C31H31N4O7P/c1-31(42-43(38,39)40)19-33-27-13-20(16-32-29(27)34-30(31)37)7-12-28(36)35-17-23-14-22(15-24(23)18-35)21-8-10-26(11-9-21)41-25-5-3-2-4-6-25/h2-14,16,23-24,33H,15,17-19H2,1H3,(H,32,34,37)(H2,38,39,40)/b12-7+/t23-,24+,31?/m0/s1. The third-order valence-electron chi connectivity index (χ3n) is 7.88. The summed E-state index contributed by atoms with van der Waals surface area (Å²) in [5, 5.41) is 5.48. The molecule has 0 bridgehead atoms. The number of benzene rings is 2. The van der Waals surface area contributed by atoms with Crippen molar-refractivity contribution in [1.82, 2.24) is 9.88 Å².